The van der Waals surface area contributed by atoms with Crippen LogP contribution in [0.1, 0.15) is 58.0 Å². The molecule has 0 radical (unpaired) electrons. The highest BCUT2D eigenvalue weighted by Crippen LogP contribution is 2.26. The fraction of sp³-hybridized carbons (Fsp3) is 0.556. The SMILES string of the molecule is CNC(C)Cc1noc(C(C)Oc2ccc(C(C)(C)C)cc2)n1. The molecule has 0 spiro atoms. The van der Waals surface area contributed by atoms with Crippen molar-refractivity contribution in [3.63, 3.8) is 0 Å². The third-order valence-electron chi connectivity index (χ3n) is 3.85. The summed E-state index contributed by atoms with van der Waals surface area (Å²) in [5, 5.41) is 7.16. The van der Waals surface area contributed by atoms with Crippen molar-refractivity contribution in [2.45, 2.75) is 58.6 Å². The lowest BCUT2D eigenvalue weighted by atomic mass is 9.87. The Morgan fingerprint density at radius 1 is 1.17 bits per heavy atom. The fourth-order valence-electron chi connectivity index (χ4n) is 2.18. The van der Waals surface area contributed by atoms with Crippen molar-refractivity contribution in [1.82, 2.24) is 15.5 Å². The van der Waals surface area contributed by atoms with Gasteiger partial charge in [0.05, 0.1) is 0 Å². The number of likely N-dealkylation sites (N-methyl/N-ethyl adjacent to an activating group) is 1. The van der Waals surface area contributed by atoms with E-state index < -0.39 is 0 Å². The van der Waals surface area contributed by atoms with Gasteiger partial charge in [-0.2, -0.15) is 4.98 Å². The van der Waals surface area contributed by atoms with Crippen molar-refractivity contribution in [2.24, 2.45) is 0 Å². The Morgan fingerprint density at radius 3 is 2.39 bits per heavy atom. The average molecular weight is 317 g/mol. The van der Waals surface area contributed by atoms with E-state index in [4.69, 9.17) is 9.26 Å². The van der Waals surface area contributed by atoms with E-state index in [2.05, 4.69) is 55.3 Å². The Hall–Kier alpha value is -1.88. The molecule has 0 aliphatic rings. The summed E-state index contributed by atoms with van der Waals surface area (Å²) in [5.74, 6) is 2.00. The van der Waals surface area contributed by atoms with Gasteiger partial charge in [0.15, 0.2) is 11.9 Å². The van der Waals surface area contributed by atoms with E-state index in [1.165, 1.54) is 5.56 Å². The number of benzene rings is 1. The molecule has 5 nitrogen and oxygen atoms in total. The lowest BCUT2D eigenvalue weighted by molar-refractivity contribution is 0.175. The molecule has 126 valence electrons. The molecular weight excluding hydrogens is 290 g/mol. The summed E-state index contributed by atoms with van der Waals surface area (Å²) in [6, 6.07) is 8.46. The quantitative estimate of drug-likeness (QED) is 0.881. The molecule has 0 amide bonds. The average Bonchev–Trinajstić information content (AvgIpc) is 2.95. The van der Waals surface area contributed by atoms with Crippen LogP contribution in [-0.2, 0) is 11.8 Å². The van der Waals surface area contributed by atoms with E-state index in [9.17, 15) is 0 Å². The van der Waals surface area contributed by atoms with Gasteiger partial charge in [0.1, 0.15) is 5.75 Å². The van der Waals surface area contributed by atoms with Gasteiger partial charge < -0.3 is 14.6 Å². The predicted molar refractivity (Wildman–Crippen MR) is 90.7 cm³/mol. The first-order valence-electron chi connectivity index (χ1n) is 8.06. The molecule has 2 aromatic rings. The first kappa shape index (κ1) is 17.5. The molecule has 2 unspecified atom stereocenters. The van der Waals surface area contributed by atoms with Crippen molar-refractivity contribution in [3.8, 4) is 5.75 Å². The summed E-state index contributed by atoms with van der Waals surface area (Å²) in [6.45, 7) is 10.6. The van der Waals surface area contributed by atoms with Crippen LogP contribution in [0.2, 0.25) is 0 Å². The Bertz CT molecular complexity index is 614. The zero-order valence-electron chi connectivity index (χ0n) is 14.9. The van der Waals surface area contributed by atoms with Gasteiger partial charge in [0, 0.05) is 12.5 Å². The number of hydrogen-bond acceptors (Lipinski definition) is 5. The van der Waals surface area contributed by atoms with Crippen molar-refractivity contribution in [1.29, 1.82) is 0 Å². The molecule has 0 saturated carbocycles. The van der Waals surface area contributed by atoms with E-state index in [-0.39, 0.29) is 11.5 Å². The molecule has 0 bridgehead atoms. The second-order valence-electron chi connectivity index (χ2n) is 6.98. The first-order chi connectivity index (χ1) is 10.8. The minimum absolute atomic E-state index is 0.134. The van der Waals surface area contributed by atoms with Gasteiger partial charge in [-0.1, -0.05) is 38.1 Å². The van der Waals surface area contributed by atoms with Crippen molar-refractivity contribution in [3.05, 3.63) is 41.5 Å². The third-order valence-corrected chi connectivity index (χ3v) is 3.85. The molecule has 2 atom stereocenters. The maximum absolute atomic E-state index is 5.90. The number of hydrogen-bond donors (Lipinski definition) is 1. The minimum Gasteiger partial charge on any atom is -0.481 e. The van der Waals surface area contributed by atoms with E-state index in [0.717, 1.165) is 12.2 Å². The molecule has 0 aliphatic heterocycles. The zero-order chi connectivity index (χ0) is 17.0. The molecule has 0 saturated heterocycles. The lowest BCUT2D eigenvalue weighted by Gasteiger charge is -2.19. The topological polar surface area (TPSA) is 60.2 Å². The third kappa shape index (κ3) is 4.79. The van der Waals surface area contributed by atoms with Crippen LogP contribution in [0, 0.1) is 0 Å². The van der Waals surface area contributed by atoms with Crippen LogP contribution in [0.5, 0.6) is 5.75 Å². The van der Waals surface area contributed by atoms with Gasteiger partial charge in [-0.25, -0.2) is 0 Å². The highest BCUT2D eigenvalue weighted by Gasteiger charge is 2.18. The first-order valence-corrected chi connectivity index (χ1v) is 8.06. The molecule has 0 aliphatic carbocycles. The number of ether oxygens (including phenoxy) is 1. The van der Waals surface area contributed by atoms with Crippen LogP contribution in [-0.4, -0.2) is 23.2 Å². The van der Waals surface area contributed by atoms with Crippen LogP contribution in [0.3, 0.4) is 0 Å². The predicted octanol–water partition coefficient (Wildman–Crippen LogP) is 3.66. The second kappa shape index (κ2) is 7.13. The summed E-state index contributed by atoms with van der Waals surface area (Å²) < 4.78 is 11.2. The molecule has 23 heavy (non-hydrogen) atoms. The van der Waals surface area contributed by atoms with Crippen LogP contribution in [0.25, 0.3) is 0 Å². The Balaban J connectivity index is 2.00. The summed E-state index contributed by atoms with van der Waals surface area (Å²) in [5.41, 5.74) is 1.41. The number of aromatic nitrogens is 2. The molecule has 1 N–H and O–H groups in total. The van der Waals surface area contributed by atoms with Crippen molar-refractivity contribution in [2.75, 3.05) is 7.05 Å². The van der Waals surface area contributed by atoms with Gasteiger partial charge in [0.2, 0.25) is 0 Å². The maximum Gasteiger partial charge on any atom is 0.267 e. The molecule has 0 fully saturated rings. The molecular formula is C18H27N3O2. The van der Waals surface area contributed by atoms with Gasteiger partial charge in [-0.05, 0) is 44.0 Å². The van der Waals surface area contributed by atoms with Crippen LogP contribution in [0.4, 0.5) is 0 Å². The van der Waals surface area contributed by atoms with E-state index in [1.807, 2.05) is 26.1 Å². The van der Waals surface area contributed by atoms with Gasteiger partial charge in [0.25, 0.3) is 5.89 Å². The molecule has 2 rings (SSSR count). The summed E-state index contributed by atoms with van der Waals surface area (Å²) >= 11 is 0. The normalized spacial score (nSPS) is 14.5. The van der Waals surface area contributed by atoms with Crippen LogP contribution >= 0.6 is 0 Å². The van der Waals surface area contributed by atoms with E-state index >= 15 is 0 Å². The van der Waals surface area contributed by atoms with E-state index in [0.29, 0.717) is 17.8 Å². The largest absolute Gasteiger partial charge is 0.481 e. The number of nitrogens with one attached hydrogen (secondary N) is 1. The smallest absolute Gasteiger partial charge is 0.267 e. The van der Waals surface area contributed by atoms with E-state index in [1.54, 1.807) is 0 Å². The Morgan fingerprint density at radius 2 is 1.83 bits per heavy atom. The Kier molecular flexibility index (Phi) is 5.42. The van der Waals surface area contributed by atoms with Gasteiger partial charge in [-0.15, -0.1) is 0 Å². The number of nitrogens with zero attached hydrogens (tertiary/aromatic N) is 2. The lowest BCUT2D eigenvalue weighted by Crippen LogP contribution is -2.24. The van der Waals surface area contributed by atoms with Crippen LogP contribution in [0.15, 0.2) is 28.8 Å². The monoisotopic (exact) mass is 317 g/mol. The van der Waals surface area contributed by atoms with Crippen molar-refractivity contribution < 1.29 is 9.26 Å². The second-order valence-corrected chi connectivity index (χ2v) is 6.98. The molecule has 1 heterocycles. The van der Waals surface area contributed by atoms with Crippen LogP contribution < -0.4 is 10.1 Å². The minimum atomic E-state index is -0.276. The number of rotatable bonds is 6. The highest BCUT2D eigenvalue weighted by atomic mass is 16.5. The molecule has 1 aromatic heterocycles. The Labute approximate surface area is 138 Å². The van der Waals surface area contributed by atoms with Gasteiger partial charge >= 0.3 is 0 Å². The van der Waals surface area contributed by atoms with Gasteiger partial charge in [-0.3, -0.25) is 0 Å². The maximum atomic E-state index is 5.90. The van der Waals surface area contributed by atoms with Crippen molar-refractivity contribution >= 4 is 0 Å². The zero-order valence-corrected chi connectivity index (χ0v) is 14.9. The summed E-state index contributed by atoms with van der Waals surface area (Å²) in [4.78, 5) is 4.41. The summed E-state index contributed by atoms with van der Waals surface area (Å²) in [6.07, 6.45) is 0.453. The standard InChI is InChI=1S/C18H27N3O2/c1-12(19-6)11-16-20-17(23-21-16)13(2)22-15-9-7-14(8-10-15)18(3,4)5/h7-10,12-13,19H,11H2,1-6H3. The fourth-order valence-corrected chi connectivity index (χ4v) is 2.18. The molecule has 1 aromatic carbocycles. The molecule has 5 heteroatoms. The highest BCUT2D eigenvalue weighted by molar-refractivity contribution is 5.31. The summed E-state index contributed by atoms with van der Waals surface area (Å²) in [7, 11) is 1.92.